The number of allylic oxidation sites excluding steroid dienone is 4. The summed E-state index contributed by atoms with van der Waals surface area (Å²) < 4.78 is 5.95. The third-order valence-electron chi connectivity index (χ3n) is 7.60. The van der Waals surface area contributed by atoms with Crippen LogP contribution in [0.4, 0.5) is 0 Å². The molecule has 3 heteroatoms. The standard InChI is InChI=1S/C13H9.C13H21.C2H4.2ClH.Hf/c1-3-7-12-10(5-1)9-11-6-2-4-8-13(11)12;1-2-3-4-5-6-7-10-13-11-8-9-12-13;1-2;;;/h1-9H;8,11H,2-7,9-10H2,1H3;1-2H2;2*1H;/q;;;;;+2/p-2. The molecule has 3 aliphatic rings. The van der Waals surface area contributed by atoms with E-state index in [1.165, 1.54) is 62.5 Å². The van der Waals surface area contributed by atoms with Gasteiger partial charge in [-0.05, 0) is 0 Å². The molecule has 0 atom stereocenters. The van der Waals surface area contributed by atoms with Crippen molar-refractivity contribution < 1.29 is 44.8 Å². The summed E-state index contributed by atoms with van der Waals surface area (Å²) in [5, 5.41) is 0. The van der Waals surface area contributed by atoms with Gasteiger partial charge < -0.3 is 24.8 Å². The van der Waals surface area contributed by atoms with Gasteiger partial charge in [0.25, 0.3) is 0 Å². The molecular formula is C28H34Cl2Hf. The van der Waals surface area contributed by atoms with E-state index in [1.807, 2.05) is 3.33 Å². The minimum Gasteiger partial charge on any atom is -1.00 e. The second-order valence-corrected chi connectivity index (χ2v) is 25.5. The van der Waals surface area contributed by atoms with Gasteiger partial charge in [-0.15, -0.1) is 0 Å². The van der Waals surface area contributed by atoms with Crippen LogP contribution in [0, 0.1) is 0 Å². The predicted molar refractivity (Wildman–Crippen MR) is 122 cm³/mol. The molecule has 5 rings (SSSR count). The first-order valence-electron chi connectivity index (χ1n) is 11.9. The topological polar surface area (TPSA) is 0 Å². The van der Waals surface area contributed by atoms with E-state index in [9.17, 15) is 0 Å². The van der Waals surface area contributed by atoms with E-state index in [0.717, 1.165) is 3.67 Å². The van der Waals surface area contributed by atoms with Gasteiger partial charge >= 0.3 is 182 Å². The van der Waals surface area contributed by atoms with Gasteiger partial charge in [-0.2, -0.15) is 0 Å². The number of benzene rings is 2. The molecular weight excluding hydrogens is 586 g/mol. The van der Waals surface area contributed by atoms with Crippen molar-refractivity contribution in [2.75, 3.05) is 0 Å². The first kappa shape index (κ1) is 25.0. The maximum absolute atomic E-state index is 2.52. The second-order valence-electron chi connectivity index (χ2n) is 9.39. The van der Waals surface area contributed by atoms with E-state index < -0.39 is 20.0 Å². The number of rotatable bonds is 9. The maximum atomic E-state index is 2.52. The first-order valence-corrected chi connectivity index (χ1v) is 20.9. The Labute approximate surface area is 205 Å². The zero-order valence-corrected chi connectivity index (χ0v) is 23.8. The molecule has 1 fully saturated rings. The molecule has 0 aromatic heterocycles. The van der Waals surface area contributed by atoms with Gasteiger partial charge in [0.1, 0.15) is 0 Å². The van der Waals surface area contributed by atoms with Crippen molar-refractivity contribution in [3.63, 3.8) is 0 Å². The number of fused-ring (bicyclic) bond motifs is 3. The Bertz CT molecular complexity index is 909. The van der Waals surface area contributed by atoms with Crippen molar-refractivity contribution in [2.45, 2.75) is 70.3 Å². The van der Waals surface area contributed by atoms with Crippen LogP contribution in [0.2, 0.25) is 8.35 Å². The SMILES string of the molecule is CCCCCCCCC1=[C]([Hf+2]2([CH]3c4ccccc4-c4ccccc43)[CH2][CH2]2)CC=C1.[Cl-].[Cl-]. The zero-order chi connectivity index (χ0) is 19.7. The Morgan fingerprint density at radius 1 is 0.774 bits per heavy atom. The third kappa shape index (κ3) is 4.71. The third-order valence-corrected chi connectivity index (χ3v) is 25.7. The molecule has 0 N–H and O–H groups in total. The van der Waals surface area contributed by atoms with E-state index in [0.29, 0.717) is 0 Å². The predicted octanol–water partition coefficient (Wildman–Crippen LogP) is 2.73. The first-order chi connectivity index (χ1) is 14.3. The van der Waals surface area contributed by atoms with Gasteiger partial charge in [-0.25, -0.2) is 0 Å². The van der Waals surface area contributed by atoms with Crippen molar-refractivity contribution >= 4 is 0 Å². The maximum Gasteiger partial charge on any atom is -1.00 e. The minimum absolute atomic E-state index is 0. The van der Waals surface area contributed by atoms with Crippen LogP contribution in [0.5, 0.6) is 0 Å². The molecule has 1 aliphatic heterocycles. The molecule has 31 heavy (non-hydrogen) atoms. The molecule has 2 aromatic rings. The normalized spacial score (nSPS) is 16.7. The summed E-state index contributed by atoms with van der Waals surface area (Å²) in [5.74, 6) is 0. The Morgan fingerprint density at radius 3 is 1.97 bits per heavy atom. The largest absolute Gasteiger partial charge is 1.00 e. The van der Waals surface area contributed by atoms with Crippen LogP contribution in [0.15, 0.2) is 69.6 Å². The van der Waals surface area contributed by atoms with Crippen LogP contribution in [-0.2, 0) is 20.0 Å². The Hall–Kier alpha value is -0.630. The molecule has 0 amide bonds. The monoisotopic (exact) mass is 620 g/mol. The van der Waals surface area contributed by atoms with E-state index in [2.05, 4.69) is 67.6 Å². The fourth-order valence-electron chi connectivity index (χ4n) is 6.05. The van der Waals surface area contributed by atoms with Gasteiger partial charge in [0.15, 0.2) is 0 Å². The van der Waals surface area contributed by atoms with Crippen molar-refractivity contribution in [1.82, 2.24) is 0 Å². The summed E-state index contributed by atoms with van der Waals surface area (Å²) in [7, 11) is 0. The molecule has 0 unspecified atom stereocenters. The minimum atomic E-state index is -2.49. The molecule has 164 valence electrons. The number of unbranched alkanes of at least 4 members (excludes halogenated alkanes) is 5. The zero-order valence-electron chi connectivity index (χ0n) is 18.7. The van der Waals surface area contributed by atoms with Crippen LogP contribution in [0.1, 0.15) is 73.1 Å². The Balaban J connectivity index is 0.00000136. The average Bonchev–Trinajstić information content (AvgIpc) is 3.27. The van der Waals surface area contributed by atoms with Crippen LogP contribution in [0.25, 0.3) is 11.1 Å². The molecule has 0 radical (unpaired) electrons. The van der Waals surface area contributed by atoms with Crippen LogP contribution < -0.4 is 24.8 Å². The van der Waals surface area contributed by atoms with E-state index in [1.54, 1.807) is 25.1 Å². The van der Waals surface area contributed by atoms with Crippen molar-refractivity contribution in [3.8, 4) is 11.1 Å². The molecule has 0 saturated carbocycles. The molecule has 0 bridgehead atoms. The van der Waals surface area contributed by atoms with E-state index in [-0.39, 0.29) is 24.8 Å². The van der Waals surface area contributed by atoms with Gasteiger partial charge in [0, 0.05) is 0 Å². The quantitative estimate of drug-likeness (QED) is 0.299. The van der Waals surface area contributed by atoms with Crippen molar-refractivity contribution in [1.29, 1.82) is 0 Å². The molecule has 2 aromatic carbocycles. The summed E-state index contributed by atoms with van der Waals surface area (Å²) >= 11 is -2.49. The van der Waals surface area contributed by atoms with E-state index >= 15 is 0 Å². The van der Waals surface area contributed by atoms with Gasteiger partial charge in [-0.3, -0.25) is 0 Å². The molecule has 0 nitrogen and oxygen atoms in total. The van der Waals surface area contributed by atoms with Crippen molar-refractivity contribution in [3.05, 3.63) is 80.7 Å². The summed E-state index contributed by atoms with van der Waals surface area (Å²) in [5.41, 5.74) is 8.19. The van der Waals surface area contributed by atoms with Crippen LogP contribution in [-0.4, -0.2) is 0 Å². The molecule has 1 heterocycles. The van der Waals surface area contributed by atoms with E-state index in [4.69, 9.17) is 0 Å². The average molecular weight is 620 g/mol. The number of halogens is 2. The second kappa shape index (κ2) is 11.0. The van der Waals surface area contributed by atoms with Crippen molar-refractivity contribution in [2.24, 2.45) is 0 Å². The smallest absolute Gasteiger partial charge is 1.00 e. The summed E-state index contributed by atoms with van der Waals surface area (Å²) in [6.45, 7) is 2.31. The van der Waals surface area contributed by atoms with Crippen LogP contribution in [0.3, 0.4) is 0 Å². The summed E-state index contributed by atoms with van der Waals surface area (Å²) in [4.78, 5) is 0. The fourth-order valence-corrected chi connectivity index (χ4v) is 31.5. The van der Waals surface area contributed by atoms with Gasteiger partial charge in [0.05, 0.1) is 0 Å². The number of hydrogen-bond acceptors (Lipinski definition) is 0. The van der Waals surface area contributed by atoms with Gasteiger partial charge in [0.2, 0.25) is 0 Å². The Kier molecular flexibility index (Phi) is 8.87. The van der Waals surface area contributed by atoms with Gasteiger partial charge in [-0.1, -0.05) is 0 Å². The van der Waals surface area contributed by atoms with Crippen LogP contribution >= 0.6 is 0 Å². The Morgan fingerprint density at radius 2 is 1.35 bits per heavy atom. The number of hydrogen-bond donors (Lipinski definition) is 0. The molecule has 2 aliphatic carbocycles. The molecule has 1 saturated heterocycles. The fraction of sp³-hybridized carbons (Fsp3) is 0.429. The summed E-state index contributed by atoms with van der Waals surface area (Å²) in [6, 6.07) is 18.7. The molecule has 0 spiro atoms. The summed E-state index contributed by atoms with van der Waals surface area (Å²) in [6.07, 6.45) is 16.1.